The van der Waals surface area contributed by atoms with Gasteiger partial charge in [0, 0.05) is 24.6 Å². The summed E-state index contributed by atoms with van der Waals surface area (Å²) in [5.41, 5.74) is 0. The summed E-state index contributed by atoms with van der Waals surface area (Å²) in [5.74, 6) is 2.82. The molecule has 0 aromatic carbocycles. The Bertz CT molecular complexity index is 335. The third kappa shape index (κ3) is 2.46. The number of thioether (sulfide) groups is 1. The molecule has 0 aliphatic carbocycles. The van der Waals surface area contributed by atoms with Crippen LogP contribution in [0.15, 0.2) is 0 Å². The molecule has 1 aromatic heterocycles. The number of hydrogen-bond donors (Lipinski definition) is 0. The Morgan fingerprint density at radius 2 is 1.56 bits per heavy atom. The predicted molar refractivity (Wildman–Crippen MR) is 62.5 cm³/mol. The Kier molecular flexibility index (Phi) is 3.66. The molecule has 1 saturated heterocycles. The number of nitrogens with zero attached hydrogens (tertiary/aromatic N) is 4. The Balaban J connectivity index is 2.24. The average Bonchev–Trinajstić information content (AvgIpc) is 2.39. The SMILES string of the molecule is COc1nc(OC)nc(N2CCSCC2)n1. The lowest BCUT2D eigenvalue weighted by Gasteiger charge is -2.26. The van der Waals surface area contributed by atoms with E-state index in [1.54, 1.807) is 0 Å². The summed E-state index contributed by atoms with van der Waals surface area (Å²) in [6.45, 7) is 1.89. The predicted octanol–water partition coefficient (Wildman–Crippen LogP) is 0.442. The lowest BCUT2D eigenvalue weighted by Crippen LogP contribution is -2.34. The van der Waals surface area contributed by atoms with Gasteiger partial charge in [0.25, 0.3) is 0 Å². The number of anilines is 1. The van der Waals surface area contributed by atoms with Gasteiger partial charge in [-0.05, 0) is 0 Å². The molecular weight excluding hydrogens is 228 g/mol. The van der Waals surface area contributed by atoms with Crippen molar-refractivity contribution in [1.82, 2.24) is 15.0 Å². The van der Waals surface area contributed by atoms with Crippen LogP contribution < -0.4 is 14.4 Å². The van der Waals surface area contributed by atoms with Gasteiger partial charge in [-0.15, -0.1) is 4.98 Å². The highest BCUT2D eigenvalue weighted by atomic mass is 32.2. The first-order valence-corrected chi connectivity index (χ1v) is 6.15. The van der Waals surface area contributed by atoms with Crippen molar-refractivity contribution in [3.8, 4) is 12.0 Å². The van der Waals surface area contributed by atoms with Crippen molar-refractivity contribution in [2.75, 3.05) is 43.7 Å². The molecule has 0 saturated carbocycles. The molecule has 2 heterocycles. The van der Waals surface area contributed by atoms with E-state index in [4.69, 9.17) is 9.47 Å². The van der Waals surface area contributed by atoms with Crippen molar-refractivity contribution in [1.29, 1.82) is 0 Å². The molecule has 0 unspecified atom stereocenters. The standard InChI is InChI=1S/C9H14N4O2S/c1-14-8-10-7(11-9(12-8)15-2)13-3-5-16-6-4-13/h3-6H2,1-2H3. The zero-order valence-electron chi connectivity index (χ0n) is 9.34. The van der Waals surface area contributed by atoms with Gasteiger partial charge in [0.05, 0.1) is 14.2 Å². The number of aromatic nitrogens is 3. The van der Waals surface area contributed by atoms with Gasteiger partial charge in [0.2, 0.25) is 5.95 Å². The van der Waals surface area contributed by atoms with Crippen LogP contribution in [0.4, 0.5) is 5.95 Å². The minimum absolute atomic E-state index is 0.292. The summed E-state index contributed by atoms with van der Waals surface area (Å²) < 4.78 is 10.0. The van der Waals surface area contributed by atoms with E-state index < -0.39 is 0 Å². The third-order valence-electron chi connectivity index (χ3n) is 2.24. The van der Waals surface area contributed by atoms with Crippen LogP contribution in [0, 0.1) is 0 Å². The van der Waals surface area contributed by atoms with E-state index in [0.717, 1.165) is 24.6 Å². The van der Waals surface area contributed by atoms with Gasteiger partial charge in [-0.25, -0.2) is 0 Å². The minimum atomic E-state index is 0.292. The first-order chi connectivity index (χ1) is 7.83. The molecular formula is C9H14N4O2S. The summed E-state index contributed by atoms with van der Waals surface area (Å²) in [5, 5.41) is 0. The molecule has 16 heavy (non-hydrogen) atoms. The van der Waals surface area contributed by atoms with Crippen LogP contribution in [0.5, 0.6) is 12.0 Å². The molecule has 1 aliphatic rings. The second-order valence-corrected chi connectivity index (χ2v) is 4.43. The monoisotopic (exact) mass is 242 g/mol. The van der Waals surface area contributed by atoms with E-state index in [2.05, 4.69) is 19.9 Å². The molecule has 0 amide bonds. The van der Waals surface area contributed by atoms with Gasteiger partial charge in [0.15, 0.2) is 0 Å². The van der Waals surface area contributed by atoms with E-state index >= 15 is 0 Å². The lowest BCUT2D eigenvalue weighted by atomic mass is 10.5. The van der Waals surface area contributed by atoms with Gasteiger partial charge in [-0.3, -0.25) is 0 Å². The van der Waals surface area contributed by atoms with Gasteiger partial charge >= 0.3 is 12.0 Å². The Morgan fingerprint density at radius 3 is 2.06 bits per heavy atom. The molecule has 0 spiro atoms. The lowest BCUT2D eigenvalue weighted by molar-refractivity contribution is 0.340. The quantitative estimate of drug-likeness (QED) is 0.762. The summed E-state index contributed by atoms with van der Waals surface area (Å²) in [4.78, 5) is 14.5. The maximum atomic E-state index is 5.01. The van der Waals surface area contributed by atoms with Crippen LogP contribution in [0.1, 0.15) is 0 Å². The van der Waals surface area contributed by atoms with Crippen molar-refractivity contribution >= 4 is 17.7 Å². The highest BCUT2D eigenvalue weighted by Crippen LogP contribution is 2.19. The van der Waals surface area contributed by atoms with Crippen molar-refractivity contribution < 1.29 is 9.47 Å². The molecule has 88 valence electrons. The number of hydrogen-bond acceptors (Lipinski definition) is 7. The molecule has 0 bridgehead atoms. The van der Waals surface area contributed by atoms with Crippen LogP contribution >= 0.6 is 11.8 Å². The summed E-state index contributed by atoms with van der Waals surface area (Å²) in [6.07, 6.45) is 0. The molecule has 1 fully saturated rings. The fourth-order valence-corrected chi connectivity index (χ4v) is 2.32. The molecule has 7 heteroatoms. The number of ether oxygens (including phenoxy) is 2. The van der Waals surface area contributed by atoms with Gasteiger partial charge in [0.1, 0.15) is 0 Å². The minimum Gasteiger partial charge on any atom is -0.467 e. The Labute approximate surface area is 98.4 Å². The zero-order valence-corrected chi connectivity index (χ0v) is 10.2. The fraction of sp³-hybridized carbons (Fsp3) is 0.667. The molecule has 2 rings (SSSR count). The normalized spacial score (nSPS) is 16.0. The van der Waals surface area contributed by atoms with E-state index in [1.807, 2.05) is 11.8 Å². The van der Waals surface area contributed by atoms with E-state index in [9.17, 15) is 0 Å². The van der Waals surface area contributed by atoms with Crippen molar-refractivity contribution in [2.24, 2.45) is 0 Å². The van der Waals surface area contributed by atoms with Crippen molar-refractivity contribution in [3.05, 3.63) is 0 Å². The smallest absolute Gasteiger partial charge is 0.324 e. The number of rotatable bonds is 3. The zero-order chi connectivity index (χ0) is 11.4. The topological polar surface area (TPSA) is 60.4 Å². The summed E-state index contributed by atoms with van der Waals surface area (Å²) in [6, 6.07) is 0.583. The van der Waals surface area contributed by atoms with Crippen LogP contribution in [0.3, 0.4) is 0 Å². The fourth-order valence-electron chi connectivity index (χ4n) is 1.42. The van der Waals surface area contributed by atoms with E-state index in [1.165, 1.54) is 14.2 Å². The van der Waals surface area contributed by atoms with Crippen LogP contribution in [0.2, 0.25) is 0 Å². The van der Waals surface area contributed by atoms with Crippen molar-refractivity contribution in [2.45, 2.75) is 0 Å². The van der Waals surface area contributed by atoms with Crippen LogP contribution in [-0.2, 0) is 0 Å². The summed E-state index contributed by atoms with van der Waals surface area (Å²) in [7, 11) is 3.06. The molecule has 6 nitrogen and oxygen atoms in total. The average molecular weight is 242 g/mol. The first kappa shape index (κ1) is 11.3. The number of methoxy groups -OCH3 is 2. The highest BCUT2D eigenvalue weighted by molar-refractivity contribution is 7.99. The Morgan fingerprint density at radius 1 is 1.00 bits per heavy atom. The van der Waals surface area contributed by atoms with E-state index in [0.29, 0.717) is 18.0 Å². The largest absolute Gasteiger partial charge is 0.467 e. The molecule has 1 aliphatic heterocycles. The van der Waals surface area contributed by atoms with Gasteiger partial charge in [-0.2, -0.15) is 21.7 Å². The maximum Gasteiger partial charge on any atom is 0.324 e. The van der Waals surface area contributed by atoms with Crippen LogP contribution in [0.25, 0.3) is 0 Å². The third-order valence-corrected chi connectivity index (χ3v) is 3.18. The molecule has 0 radical (unpaired) electrons. The molecule has 1 aromatic rings. The van der Waals surface area contributed by atoms with Gasteiger partial charge in [-0.1, -0.05) is 0 Å². The highest BCUT2D eigenvalue weighted by Gasteiger charge is 2.16. The maximum absolute atomic E-state index is 5.01. The van der Waals surface area contributed by atoms with Crippen molar-refractivity contribution in [3.63, 3.8) is 0 Å². The summed E-state index contributed by atoms with van der Waals surface area (Å²) >= 11 is 1.94. The second-order valence-electron chi connectivity index (χ2n) is 3.21. The second kappa shape index (κ2) is 5.20. The molecule has 0 N–H and O–H groups in total. The van der Waals surface area contributed by atoms with Crippen LogP contribution in [-0.4, -0.2) is 53.8 Å². The first-order valence-electron chi connectivity index (χ1n) is 5.00. The Hall–Kier alpha value is -1.24. The van der Waals surface area contributed by atoms with Gasteiger partial charge < -0.3 is 14.4 Å². The molecule has 0 atom stereocenters. The van der Waals surface area contributed by atoms with E-state index in [-0.39, 0.29) is 0 Å².